The van der Waals surface area contributed by atoms with Crippen molar-refractivity contribution in [3.05, 3.63) is 217 Å². The van der Waals surface area contributed by atoms with Gasteiger partial charge in [0.05, 0.1) is 0 Å². The van der Waals surface area contributed by atoms with Gasteiger partial charge in [-0.2, -0.15) is 0 Å². The molecule has 0 N–H and O–H groups in total. The lowest BCUT2D eigenvalue weighted by molar-refractivity contribution is 0.590. The number of thiophene rings is 1. The predicted molar refractivity (Wildman–Crippen MR) is 320 cm³/mol. The number of hydrogen-bond donors (Lipinski definition) is 0. The molecule has 75 heavy (non-hydrogen) atoms. The second-order valence-corrected chi connectivity index (χ2v) is 23.6. The van der Waals surface area contributed by atoms with E-state index in [2.05, 4.69) is 256 Å². The number of anilines is 9. The van der Waals surface area contributed by atoms with Gasteiger partial charge in [0.1, 0.15) is 22.3 Å². The number of benzene rings is 10. The van der Waals surface area contributed by atoms with E-state index < -0.39 is 0 Å². The number of nitrogens with zero attached hydrogens (tertiary/aromatic N) is 3. The van der Waals surface area contributed by atoms with Gasteiger partial charge in [-0.1, -0.05) is 139 Å². The molecule has 0 amide bonds. The number of fused-ring (bicyclic) bond motifs is 13. The highest BCUT2D eigenvalue weighted by Crippen LogP contribution is 2.49. The van der Waals surface area contributed by atoms with Crippen molar-refractivity contribution >= 4 is 150 Å². The highest BCUT2D eigenvalue weighted by atomic mass is 32.1. The quantitative estimate of drug-likeness (QED) is 0.161. The molecule has 0 unspecified atom stereocenters. The maximum Gasteiger partial charge on any atom is 0.252 e. The minimum atomic E-state index is -0.0980. The van der Waals surface area contributed by atoms with Crippen LogP contribution in [0, 0.1) is 0 Å². The molecule has 3 aromatic heterocycles. The summed E-state index contributed by atoms with van der Waals surface area (Å²) in [5.74, 6) is 0. The summed E-state index contributed by atoms with van der Waals surface area (Å²) < 4.78 is 15.7. The van der Waals surface area contributed by atoms with Crippen molar-refractivity contribution in [2.45, 2.75) is 52.4 Å². The van der Waals surface area contributed by atoms with E-state index in [4.69, 9.17) is 8.83 Å². The Bertz CT molecular complexity index is 4360. The van der Waals surface area contributed by atoms with Gasteiger partial charge < -0.3 is 23.5 Å². The van der Waals surface area contributed by atoms with Gasteiger partial charge in [0, 0.05) is 99.0 Å². The molecule has 5 heterocycles. The monoisotopic (exact) mass is 985 g/mol. The molecule has 0 aliphatic carbocycles. The number of para-hydroxylation sites is 2. The lowest BCUT2D eigenvalue weighted by Gasteiger charge is -2.44. The highest BCUT2D eigenvalue weighted by Gasteiger charge is 2.44. The first-order chi connectivity index (χ1) is 36.4. The lowest BCUT2D eigenvalue weighted by Crippen LogP contribution is -2.61. The standard InChI is InChI=1S/C68H52BN3O2S/c1-67(2,3)41-22-26-43(27-23-41)71-56-17-13-18-57-66(56)69(55-39-52-49-15-8-11-20-61(49)74-63(52)40-59(55)72(57)44-28-24-42(25-29-44)68(4,5)6)54-33-30-47(38-58(54)71)70(45-31-34-62-51(36-45)48-14-7-10-19-60(48)73-62)46-32-35-65-53(37-46)50-16-9-12-21-64(50)75-65/h7-40H,1-6H3. The van der Waals surface area contributed by atoms with Crippen molar-refractivity contribution in [1.82, 2.24) is 0 Å². The van der Waals surface area contributed by atoms with Crippen LogP contribution in [0.2, 0.25) is 0 Å². The van der Waals surface area contributed by atoms with Gasteiger partial charge in [0.2, 0.25) is 0 Å². The molecule has 5 nitrogen and oxygen atoms in total. The number of furan rings is 2. The normalized spacial score (nSPS) is 13.4. The zero-order valence-electron chi connectivity index (χ0n) is 42.8. The zero-order chi connectivity index (χ0) is 50.5. The van der Waals surface area contributed by atoms with Gasteiger partial charge in [0.15, 0.2) is 0 Å². The third-order valence-electron chi connectivity index (χ3n) is 16.0. The molecular weight excluding hydrogens is 934 g/mol. The maximum atomic E-state index is 6.71. The van der Waals surface area contributed by atoms with Gasteiger partial charge in [-0.3, -0.25) is 0 Å². The van der Waals surface area contributed by atoms with Crippen LogP contribution in [-0.4, -0.2) is 6.71 Å². The molecule has 0 bridgehead atoms. The fraction of sp³-hybridized carbons (Fsp3) is 0.118. The van der Waals surface area contributed by atoms with Crippen LogP contribution in [0.5, 0.6) is 0 Å². The van der Waals surface area contributed by atoms with Crippen molar-refractivity contribution in [3.63, 3.8) is 0 Å². The Hall–Kier alpha value is -8.52. The molecule has 0 radical (unpaired) electrons. The smallest absolute Gasteiger partial charge is 0.252 e. The van der Waals surface area contributed by atoms with Crippen LogP contribution in [0.4, 0.5) is 51.2 Å². The van der Waals surface area contributed by atoms with Crippen molar-refractivity contribution in [3.8, 4) is 0 Å². The Kier molecular flexibility index (Phi) is 9.39. The van der Waals surface area contributed by atoms with Crippen LogP contribution in [-0.2, 0) is 10.8 Å². The molecule has 13 aromatic rings. The summed E-state index contributed by atoms with van der Waals surface area (Å²) in [6, 6.07) is 76.5. The summed E-state index contributed by atoms with van der Waals surface area (Å²) in [6.07, 6.45) is 0. The molecule has 0 fully saturated rings. The van der Waals surface area contributed by atoms with E-state index in [1.54, 1.807) is 0 Å². The highest BCUT2D eigenvalue weighted by molar-refractivity contribution is 7.25. The Morgan fingerprint density at radius 2 is 0.867 bits per heavy atom. The van der Waals surface area contributed by atoms with Gasteiger partial charge in [-0.25, -0.2) is 0 Å². The topological polar surface area (TPSA) is 36.0 Å². The van der Waals surface area contributed by atoms with Crippen LogP contribution in [0.1, 0.15) is 52.7 Å². The van der Waals surface area contributed by atoms with Crippen LogP contribution >= 0.6 is 11.3 Å². The van der Waals surface area contributed by atoms with E-state index in [-0.39, 0.29) is 17.5 Å². The molecule has 10 aromatic carbocycles. The van der Waals surface area contributed by atoms with E-state index in [1.165, 1.54) is 47.7 Å². The van der Waals surface area contributed by atoms with E-state index in [0.717, 1.165) is 95.1 Å². The fourth-order valence-corrected chi connectivity index (χ4v) is 13.3. The SMILES string of the molecule is CC(C)(C)c1ccc(N2c3cc(N(c4ccc5oc6ccccc6c5c4)c4ccc5sc6ccccc6c5c4)ccc3B3c4cc5c(cc4N(c4ccc(C(C)(C)C)cc4)c4cccc2c43)oc2ccccc25)cc1. The van der Waals surface area contributed by atoms with Crippen LogP contribution in [0.3, 0.4) is 0 Å². The average Bonchev–Trinajstić information content (AvgIpc) is 4.11. The summed E-state index contributed by atoms with van der Waals surface area (Å²) in [5.41, 5.74) is 19.9. The maximum absolute atomic E-state index is 6.71. The largest absolute Gasteiger partial charge is 0.456 e. The summed E-state index contributed by atoms with van der Waals surface area (Å²) >= 11 is 1.85. The number of rotatable bonds is 5. The number of hydrogen-bond acceptors (Lipinski definition) is 6. The van der Waals surface area contributed by atoms with E-state index in [9.17, 15) is 0 Å². The van der Waals surface area contributed by atoms with E-state index in [0.29, 0.717) is 0 Å². The van der Waals surface area contributed by atoms with Crippen LogP contribution < -0.4 is 31.1 Å². The lowest BCUT2D eigenvalue weighted by atomic mass is 9.33. The van der Waals surface area contributed by atoms with Crippen molar-refractivity contribution < 1.29 is 8.83 Å². The van der Waals surface area contributed by atoms with Crippen molar-refractivity contribution in [2.75, 3.05) is 14.7 Å². The van der Waals surface area contributed by atoms with E-state index >= 15 is 0 Å². The first kappa shape index (κ1) is 44.0. The van der Waals surface area contributed by atoms with E-state index in [1.807, 2.05) is 17.4 Å². The third-order valence-corrected chi connectivity index (χ3v) is 17.1. The molecule has 360 valence electrons. The molecule has 7 heteroatoms. The van der Waals surface area contributed by atoms with Crippen molar-refractivity contribution in [1.29, 1.82) is 0 Å². The van der Waals surface area contributed by atoms with Crippen molar-refractivity contribution in [2.24, 2.45) is 0 Å². The summed E-state index contributed by atoms with van der Waals surface area (Å²) in [7, 11) is 0. The predicted octanol–water partition coefficient (Wildman–Crippen LogP) is 18.0. The zero-order valence-corrected chi connectivity index (χ0v) is 43.6. The first-order valence-electron chi connectivity index (χ1n) is 26.1. The molecule has 0 saturated carbocycles. The molecule has 0 spiro atoms. The van der Waals surface area contributed by atoms with Gasteiger partial charge in [0.25, 0.3) is 6.71 Å². The molecule has 15 rings (SSSR count). The molecule has 2 aliphatic heterocycles. The Morgan fingerprint density at radius 3 is 1.51 bits per heavy atom. The van der Waals surface area contributed by atoms with Gasteiger partial charge in [-0.15, -0.1) is 11.3 Å². The summed E-state index contributed by atoms with van der Waals surface area (Å²) in [5, 5.41) is 6.96. The Morgan fingerprint density at radius 1 is 0.373 bits per heavy atom. The third kappa shape index (κ3) is 6.77. The summed E-state index contributed by atoms with van der Waals surface area (Å²) in [4.78, 5) is 7.45. The Balaban J connectivity index is 1.00. The second-order valence-electron chi connectivity index (χ2n) is 22.5. The van der Waals surface area contributed by atoms with Gasteiger partial charge in [-0.05, 0) is 141 Å². The fourth-order valence-electron chi connectivity index (χ4n) is 12.2. The molecular formula is C68H52BN3O2S. The second kappa shape index (κ2) is 16.0. The van der Waals surface area contributed by atoms with Gasteiger partial charge >= 0.3 is 0 Å². The summed E-state index contributed by atoms with van der Waals surface area (Å²) in [6.45, 7) is 13.6. The molecule has 0 saturated heterocycles. The minimum Gasteiger partial charge on any atom is -0.456 e. The minimum absolute atomic E-state index is 0.00531. The molecule has 2 aliphatic rings. The molecule has 0 atom stereocenters. The first-order valence-corrected chi connectivity index (χ1v) is 26.9. The Labute approximate surface area is 440 Å². The van der Waals surface area contributed by atoms with Crippen LogP contribution in [0.15, 0.2) is 215 Å². The average molecular weight is 986 g/mol. The van der Waals surface area contributed by atoms with Crippen LogP contribution in [0.25, 0.3) is 64.0 Å².